The number of nitrogens with zero attached hydrogens (tertiary/aromatic N) is 2. The molecular weight excluding hydrogens is 371 g/mol. The lowest BCUT2D eigenvalue weighted by atomic mass is 9.99. The van der Waals surface area contributed by atoms with E-state index in [9.17, 15) is 0 Å². The number of benzene rings is 1. The van der Waals surface area contributed by atoms with Crippen molar-refractivity contribution in [3.05, 3.63) is 27.6 Å². The van der Waals surface area contributed by atoms with Gasteiger partial charge in [-0.05, 0) is 67.5 Å². The van der Waals surface area contributed by atoms with E-state index in [-0.39, 0.29) is 10.9 Å². The molecule has 1 saturated carbocycles. The van der Waals surface area contributed by atoms with Gasteiger partial charge < -0.3 is 4.57 Å². The molecule has 1 aliphatic carbocycles. The van der Waals surface area contributed by atoms with Crippen LogP contribution < -0.4 is 0 Å². The summed E-state index contributed by atoms with van der Waals surface area (Å²) in [6.45, 7) is 4.37. The molecule has 0 spiro atoms. The number of hydrogen-bond acceptors (Lipinski definition) is 1. The van der Waals surface area contributed by atoms with Crippen LogP contribution in [0.4, 0.5) is 0 Å². The van der Waals surface area contributed by atoms with Gasteiger partial charge in [0.1, 0.15) is 5.82 Å². The van der Waals surface area contributed by atoms with Gasteiger partial charge >= 0.3 is 0 Å². The Bertz CT molecular complexity index is 612. The molecule has 0 aliphatic heterocycles. The van der Waals surface area contributed by atoms with Crippen LogP contribution in [0.3, 0.4) is 0 Å². The SMILES string of the molecule is CC(Cl)c1nc2cc(I)ccc2n1C1(C)CCCC1. The third-order valence-corrected chi connectivity index (χ3v) is 5.08. The predicted molar refractivity (Wildman–Crippen MR) is 88.8 cm³/mol. The molecule has 2 aromatic rings. The van der Waals surface area contributed by atoms with Crippen LogP contribution in [0.5, 0.6) is 0 Å². The number of hydrogen-bond donors (Lipinski definition) is 0. The number of halogens is 2. The van der Waals surface area contributed by atoms with E-state index in [0.29, 0.717) is 0 Å². The third-order valence-electron chi connectivity index (χ3n) is 4.22. The summed E-state index contributed by atoms with van der Waals surface area (Å²) < 4.78 is 3.63. The lowest BCUT2D eigenvalue weighted by molar-refractivity contribution is 0.328. The minimum atomic E-state index is -0.0533. The fourth-order valence-corrected chi connectivity index (χ4v) is 3.89. The molecule has 0 bridgehead atoms. The zero-order valence-electron chi connectivity index (χ0n) is 11.3. The summed E-state index contributed by atoms with van der Waals surface area (Å²) in [5, 5.41) is -0.0533. The summed E-state index contributed by atoms with van der Waals surface area (Å²) in [6.07, 6.45) is 5.05. The maximum Gasteiger partial charge on any atom is 0.128 e. The van der Waals surface area contributed by atoms with Crippen LogP contribution in [0.15, 0.2) is 18.2 Å². The smallest absolute Gasteiger partial charge is 0.128 e. The maximum atomic E-state index is 6.37. The van der Waals surface area contributed by atoms with Gasteiger partial charge in [0.25, 0.3) is 0 Å². The van der Waals surface area contributed by atoms with Crippen LogP contribution in [0, 0.1) is 3.57 Å². The molecule has 1 atom stereocenters. The van der Waals surface area contributed by atoms with Crippen molar-refractivity contribution in [1.82, 2.24) is 9.55 Å². The van der Waals surface area contributed by atoms with Crippen molar-refractivity contribution in [2.45, 2.75) is 50.4 Å². The lowest BCUT2D eigenvalue weighted by Crippen LogP contribution is -2.28. The molecule has 0 amide bonds. The van der Waals surface area contributed by atoms with Crippen LogP contribution in [0.1, 0.15) is 50.7 Å². The van der Waals surface area contributed by atoms with E-state index in [0.717, 1.165) is 11.3 Å². The minimum absolute atomic E-state index is 0.0533. The molecule has 4 heteroatoms. The first-order chi connectivity index (χ1) is 9.01. The maximum absolute atomic E-state index is 6.37. The fourth-order valence-electron chi connectivity index (χ4n) is 3.27. The summed E-state index contributed by atoms with van der Waals surface area (Å²) in [7, 11) is 0. The number of alkyl halides is 1. The standard InChI is InChI=1S/C15H18ClIN2/c1-10(16)14-18-12-9-11(17)5-6-13(12)19(14)15(2)7-3-4-8-15/h5-6,9-10H,3-4,7-8H2,1-2H3. The van der Waals surface area contributed by atoms with E-state index >= 15 is 0 Å². The molecular formula is C15H18ClIN2. The van der Waals surface area contributed by atoms with Gasteiger partial charge in [-0.25, -0.2) is 4.98 Å². The van der Waals surface area contributed by atoms with Crippen molar-refractivity contribution in [1.29, 1.82) is 0 Å². The zero-order chi connectivity index (χ0) is 13.6. The zero-order valence-corrected chi connectivity index (χ0v) is 14.2. The molecule has 0 N–H and O–H groups in total. The van der Waals surface area contributed by atoms with Gasteiger partial charge in [0.15, 0.2) is 0 Å². The summed E-state index contributed by atoms with van der Waals surface area (Å²) >= 11 is 8.71. The Kier molecular flexibility index (Phi) is 3.54. The topological polar surface area (TPSA) is 17.8 Å². The van der Waals surface area contributed by atoms with Crippen LogP contribution in [0.25, 0.3) is 11.0 Å². The van der Waals surface area contributed by atoms with Gasteiger partial charge in [-0.2, -0.15) is 0 Å². The van der Waals surface area contributed by atoms with Crippen molar-refractivity contribution in [3.8, 4) is 0 Å². The summed E-state index contributed by atoms with van der Waals surface area (Å²) in [5.74, 6) is 1.02. The Morgan fingerprint density at radius 1 is 1.37 bits per heavy atom. The highest BCUT2D eigenvalue weighted by atomic mass is 127. The van der Waals surface area contributed by atoms with Gasteiger partial charge in [0.05, 0.1) is 16.4 Å². The Hall–Kier alpha value is -0.290. The van der Waals surface area contributed by atoms with Crippen LogP contribution >= 0.6 is 34.2 Å². The quantitative estimate of drug-likeness (QED) is 0.509. The minimum Gasteiger partial charge on any atom is -0.321 e. The van der Waals surface area contributed by atoms with Crippen molar-refractivity contribution in [2.75, 3.05) is 0 Å². The Morgan fingerprint density at radius 3 is 2.68 bits per heavy atom. The van der Waals surface area contributed by atoms with Crippen LogP contribution in [0.2, 0.25) is 0 Å². The highest BCUT2D eigenvalue weighted by Crippen LogP contribution is 2.41. The van der Waals surface area contributed by atoms with Crippen molar-refractivity contribution in [3.63, 3.8) is 0 Å². The van der Waals surface area contributed by atoms with E-state index in [1.165, 1.54) is 34.8 Å². The van der Waals surface area contributed by atoms with Gasteiger partial charge in [-0.3, -0.25) is 0 Å². The van der Waals surface area contributed by atoms with E-state index in [2.05, 4.69) is 52.3 Å². The van der Waals surface area contributed by atoms with Crippen LogP contribution in [-0.4, -0.2) is 9.55 Å². The second-order valence-electron chi connectivity index (χ2n) is 5.76. The largest absolute Gasteiger partial charge is 0.321 e. The molecule has 102 valence electrons. The van der Waals surface area contributed by atoms with Crippen molar-refractivity contribution in [2.24, 2.45) is 0 Å². The second kappa shape index (κ2) is 4.92. The normalized spacial score (nSPS) is 20.0. The number of rotatable bonds is 2. The fraction of sp³-hybridized carbons (Fsp3) is 0.533. The highest BCUT2D eigenvalue weighted by Gasteiger charge is 2.34. The first-order valence-corrected chi connectivity index (χ1v) is 8.35. The second-order valence-corrected chi connectivity index (χ2v) is 7.66. The van der Waals surface area contributed by atoms with Crippen LogP contribution in [-0.2, 0) is 5.54 Å². The lowest BCUT2D eigenvalue weighted by Gasteiger charge is -2.29. The first-order valence-electron chi connectivity index (χ1n) is 6.84. The molecule has 1 aliphatic rings. The molecule has 2 nitrogen and oxygen atoms in total. The molecule has 0 saturated heterocycles. The summed E-state index contributed by atoms with van der Waals surface area (Å²) in [6, 6.07) is 6.49. The van der Waals surface area contributed by atoms with Gasteiger partial charge in [-0.1, -0.05) is 12.8 Å². The van der Waals surface area contributed by atoms with Crippen molar-refractivity contribution >= 4 is 45.2 Å². The molecule has 1 unspecified atom stereocenters. The number of aromatic nitrogens is 2. The van der Waals surface area contributed by atoms with E-state index < -0.39 is 0 Å². The van der Waals surface area contributed by atoms with E-state index in [4.69, 9.17) is 16.6 Å². The number of imidazole rings is 1. The molecule has 1 fully saturated rings. The Morgan fingerprint density at radius 2 is 2.05 bits per heavy atom. The van der Waals surface area contributed by atoms with Crippen molar-refractivity contribution < 1.29 is 0 Å². The predicted octanol–water partition coefficient (Wildman–Crippen LogP) is 5.23. The van der Waals surface area contributed by atoms with Gasteiger partial charge in [0.2, 0.25) is 0 Å². The summed E-state index contributed by atoms with van der Waals surface area (Å²) in [5.41, 5.74) is 2.48. The molecule has 1 aromatic heterocycles. The molecule has 19 heavy (non-hydrogen) atoms. The van der Waals surface area contributed by atoms with Gasteiger partial charge in [-0.15, -0.1) is 11.6 Å². The third kappa shape index (κ3) is 2.29. The Labute approximate surface area is 132 Å². The molecule has 0 radical (unpaired) electrons. The average molecular weight is 389 g/mol. The number of fused-ring (bicyclic) bond motifs is 1. The first kappa shape index (κ1) is 13.7. The summed E-state index contributed by atoms with van der Waals surface area (Å²) in [4.78, 5) is 4.79. The molecule has 1 heterocycles. The van der Waals surface area contributed by atoms with Gasteiger partial charge in [0, 0.05) is 9.11 Å². The average Bonchev–Trinajstić information content (AvgIpc) is 2.93. The van der Waals surface area contributed by atoms with E-state index in [1.54, 1.807) is 0 Å². The molecule has 3 rings (SSSR count). The Balaban J connectivity index is 2.28. The highest BCUT2D eigenvalue weighted by molar-refractivity contribution is 14.1. The monoisotopic (exact) mass is 388 g/mol. The van der Waals surface area contributed by atoms with E-state index in [1.807, 2.05) is 6.92 Å². The molecule has 1 aromatic carbocycles.